The Hall–Kier alpha value is -0.580. The summed E-state index contributed by atoms with van der Waals surface area (Å²) in [6, 6.07) is 5.85. The van der Waals surface area contributed by atoms with E-state index >= 15 is 0 Å². The molecule has 21 heavy (non-hydrogen) atoms. The van der Waals surface area contributed by atoms with Gasteiger partial charge in [0.2, 0.25) is 0 Å². The van der Waals surface area contributed by atoms with Gasteiger partial charge in [-0.25, -0.2) is 0 Å². The minimum atomic E-state index is -6.33. The molecule has 0 amide bonds. The molecule has 0 aromatic heterocycles. The van der Waals surface area contributed by atoms with Gasteiger partial charge in [0.15, 0.2) is 0 Å². The molecule has 120 valence electrons. The fraction of sp³-hybridized carbons (Fsp3) is 0.500. The smallest absolute Gasteiger partial charge is 0.376 e. The Balaban J connectivity index is 3.09. The number of hydrogen-bond acceptors (Lipinski definition) is 1. The van der Waals surface area contributed by atoms with Gasteiger partial charge < -0.3 is 4.74 Å². The molecular weight excluding hydrogens is 420 g/mol. The van der Waals surface area contributed by atoms with Crippen molar-refractivity contribution in [3.05, 3.63) is 33.4 Å². The van der Waals surface area contributed by atoms with E-state index in [-0.39, 0.29) is 5.56 Å². The van der Waals surface area contributed by atoms with Gasteiger partial charge in [0.05, 0.1) is 6.10 Å². The van der Waals surface area contributed by atoms with E-state index in [0.717, 1.165) is 7.11 Å². The molecule has 1 aromatic carbocycles. The predicted molar refractivity (Wildman–Crippen MR) is 69.5 cm³/mol. The van der Waals surface area contributed by atoms with Gasteiger partial charge in [0, 0.05) is 17.1 Å². The van der Waals surface area contributed by atoms with Gasteiger partial charge in [-0.15, -0.1) is 0 Å². The third-order valence-electron chi connectivity index (χ3n) is 2.79. The maximum Gasteiger partial charge on any atom is 0.459 e. The molecule has 1 atom stereocenters. The largest absolute Gasteiger partial charge is 0.459 e. The number of ether oxygens (including phenoxy) is 1. The summed E-state index contributed by atoms with van der Waals surface area (Å²) in [5.74, 6) is -11.4. The van der Waals surface area contributed by atoms with Crippen LogP contribution >= 0.6 is 22.6 Å². The van der Waals surface area contributed by atoms with Crippen molar-refractivity contribution in [3.8, 4) is 0 Å². The molecule has 0 bridgehead atoms. The highest BCUT2D eigenvalue weighted by Gasteiger charge is 2.73. The number of benzene rings is 1. The molecule has 0 N–H and O–H groups in total. The van der Waals surface area contributed by atoms with E-state index in [4.69, 9.17) is 0 Å². The van der Waals surface area contributed by atoms with E-state index < -0.39 is 30.5 Å². The summed E-state index contributed by atoms with van der Waals surface area (Å²) >= 11 is 1.75. The van der Waals surface area contributed by atoms with E-state index in [1.54, 1.807) is 28.7 Å². The summed E-state index contributed by atoms with van der Waals surface area (Å²) in [4.78, 5) is 0. The van der Waals surface area contributed by atoms with Crippen LogP contribution in [-0.2, 0) is 4.74 Å². The van der Waals surface area contributed by atoms with Crippen LogP contribution < -0.4 is 0 Å². The lowest BCUT2D eigenvalue weighted by molar-refractivity contribution is -0.358. The first-order valence-electron chi connectivity index (χ1n) is 5.53. The second kappa shape index (κ2) is 6.27. The van der Waals surface area contributed by atoms with Crippen molar-refractivity contribution in [2.45, 2.75) is 30.5 Å². The quantitative estimate of drug-likeness (QED) is 0.461. The zero-order valence-electron chi connectivity index (χ0n) is 10.5. The number of rotatable bonds is 5. The molecule has 0 aliphatic rings. The van der Waals surface area contributed by atoms with Crippen molar-refractivity contribution in [2.24, 2.45) is 0 Å². The van der Waals surface area contributed by atoms with E-state index in [9.17, 15) is 30.7 Å². The highest BCUT2D eigenvalue weighted by molar-refractivity contribution is 14.1. The van der Waals surface area contributed by atoms with Crippen molar-refractivity contribution in [1.82, 2.24) is 0 Å². The van der Waals surface area contributed by atoms with E-state index in [0.29, 0.717) is 3.57 Å². The van der Waals surface area contributed by atoms with Gasteiger partial charge in [-0.2, -0.15) is 30.7 Å². The molecular formula is C12H10F7IO. The van der Waals surface area contributed by atoms with Crippen molar-refractivity contribution >= 4 is 22.6 Å². The maximum absolute atomic E-state index is 13.4. The summed E-state index contributed by atoms with van der Waals surface area (Å²) in [5.41, 5.74) is 0.123. The molecule has 0 aliphatic carbocycles. The van der Waals surface area contributed by atoms with Crippen LogP contribution in [0.3, 0.4) is 0 Å². The SMILES string of the molecule is COC(CC(F)(F)C(F)(F)C(F)(F)F)c1ccccc1I. The van der Waals surface area contributed by atoms with Gasteiger partial charge in [-0.05, 0) is 34.2 Å². The summed E-state index contributed by atoms with van der Waals surface area (Å²) in [6.45, 7) is 0. The fourth-order valence-electron chi connectivity index (χ4n) is 1.62. The lowest BCUT2D eigenvalue weighted by Gasteiger charge is -2.30. The van der Waals surface area contributed by atoms with Gasteiger partial charge in [0.1, 0.15) is 0 Å². The first-order valence-corrected chi connectivity index (χ1v) is 6.61. The van der Waals surface area contributed by atoms with Crippen LogP contribution in [0.25, 0.3) is 0 Å². The van der Waals surface area contributed by atoms with Gasteiger partial charge in [-0.3, -0.25) is 0 Å². The third-order valence-corrected chi connectivity index (χ3v) is 3.78. The first kappa shape index (κ1) is 18.5. The summed E-state index contributed by atoms with van der Waals surface area (Å²) in [5, 5.41) is 0. The average molecular weight is 430 g/mol. The van der Waals surface area contributed by atoms with E-state index in [1.807, 2.05) is 0 Å². The van der Waals surface area contributed by atoms with Gasteiger partial charge in [0.25, 0.3) is 0 Å². The molecule has 0 heterocycles. The average Bonchev–Trinajstić information content (AvgIpc) is 2.35. The number of halogens is 8. The molecule has 1 aromatic rings. The zero-order valence-corrected chi connectivity index (χ0v) is 12.7. The number of alkyl halides is 7. The van der Waals surface area contributed by atoms with Crippen LogP contribution in [0.2, 0.25) is 0 Å². The lowest BCUT2D eigenvalue weighted by Crippen LogP contribution is -2.52. The molecule has 9 heteroatoms. The second-order valence-corrected chi connectivity index (χ2v) is 5.39. The molecule has 0 fully saturated rings. The summed E-state index contributed by atoms with van der Waals surface area (Å²) < 4.78 is 94.0. The van der Waals surface area contributed by atoms with Crippen LogP contribution in [0.1, 0.15) is 18.1 Å². The topological polar surface area (TPSA) is 9.23 Å². The molecule has 0 saturated carbocycles. The normalized spacial score (nSPS) is 15.1. The molecule has 1 nitrogen and oxygen atoms in total. The molecule has 1 rings (SSSR count). The second-order valence-electron chi connectivity index (χ2n) is 4.23. The van der Waals surface area contributed by atoms with E-state index in [2.05, 4.69) is 4.74 Å². The predicted octanol–water partition coefficient (Wildman–Crippen LogP) is 5.20. The number of hydrogen-bond donors (Lipinski definition) is 0. The highest BCUT2D eigenvalue weighted by atomic mass is 127. The molecule has 1 unspecified atom stereocenters. The zero-order chi connectivity index (χ0) is 16.5. The molecule has 0 aliphatic heterocycles. The van der Waals surface area contributed by atoms with Crippen LogP contribution in [0.5, 0.6) is 0 Å². The van der Waals surface area contributed by atoms with Crippen molar-refractivity contribution in [2.75, 3.05) is 7.11 Å². The minimum absolute atomic E-state index is 0.123. The van der Waals surface area contributed by atoms with Crippen molar-refractivity contribution < 1.29 is 35.5 Å². The first-order chi connectivity index (χ1) is 9.44. The van der Waals surface area contributed by atoms with Gasteiger partial charge in [-0.1, -0.05) is 18.2 Å². The molecule has 0 radical (unpaired) electrons. The lowest BCUT2D eigenvalue weighted by atomic mass is 9.98. The Morgan fingerprint density at radius 1 is 1.05 bits per heavy atom. The van der Waals surface area contributed by atoms with Crippen LogP contribution in [0, 0.1) is 3.57 Å². The minimum Gasteiger partial charge on any atom is -0.376 e. The Morgan fingerprint density at radius 2 is 1.57 bits per heavy atom. The Morgan fingerprint density at radius 3 is 2.00 bits per heavy atom. The monoisotopic (exact) mass is 430 g/mol. The van der Waals surface area contributed by atoms with E-state index in [1.165, 1.54) is 18.2 Å². The Kier molecular flexibility index (Phi) is 5.51. The van der Waals surface area contributed by atoms with Crippen molar-refractivity contribution in [1.29, 1.82) is 0 Å². The standard InChI is InChI=1S/C12H10F7IO/c1-21-9(7-4-2-3-5-8(7)20)6-10(13,14)11(15,16)12(17,18)19/h2-5,9H,6H2,1H3. The molecule has 0 saturated heterocycles. The van der Waals surface area contributed by atoms with Crippen molar-refractivity contribution in [3.63, 3.8) is 0 Å². The highest BCUT2D eigenvalue weighted by Crippen LogP contribution is 2.50. The summed E-state index contributed by atoms with van der Waals surface area (Å²) in [6.07, 6.45) is -9.70. The fourth-order valence-corrected chi connectivity index (χ4v) is 2.36. The Bertz CT molecular complexity index is 487. The number of methoxy groups -OCH3 is 1. The maximum atomic E-state index is 13.4. The third kappa shape index (κ3) is 3.79. The van der Waals surface area contributed by atoms with Crippen LogP contribution in [0.15, 0.2) is 24.3 Å². The van der Waals surface area contributed by atoms with Crippen LogP contribution in [-0.4, -0.2) is 25.1 Å². The van der Waals surface area contributed by atoms with Gasteiger partial charge >= 0.3 is 18.0 Å². The van der Waals surface area contributed by atoms with Crippen LogP contribution in [0.4, 0.5) is 30.7 Å². The molecule has 0 spiro atoms. The Labute approximate surface area is 129 Å². The summed E-state index contributed by atoms with van der Waals surface area (Å²) in [7, 11) is 0.968.